The minimum atomic E-state index is -4.19. The summed E-state index contributed by atoms with van der Waals surface area (Å²) in [7, 11) is -2.64. The predicted molar refractivity (Wildman–Crippen MR) is 212 cm³/mol. The van der Waals surface area contributed by atoms with Crippen LogP contribution in [0.5, 0.6) is 5.75 Å². The average Bonchev–Trinajstić information content (AvgIpc) is 3.64. The molecular weight excluding hydrogens is 742 g/mol. The molecule has 4 aliphatic heterocycles. The van der Waals surface area contributed by atoms with Gasteiger partial charge in [-0.2, -0.15) is 0 Å². The Balaban J connectivity index is 1.15. The van der Waals surface area contributed by atoms with Gasteiger partial charge in [-0.3, -0.25) is 9.69 Å². The molecule has 2 aliphatic carbocycles. The van der Waals surface area contributed by atoms with Gasteiger partial charge in [-0.15, -0.1) is 0 Å². The van der Waals surface area contributed by atoms with E-state index in [0.29, 0.717) is 44.5 Å². The Morgan fingerprint density at radius 2 is 1.93 bits per heavy atom. The summed E-state index contributed by atoms with van der Waals surface area (Å²) in [5, 5.41) is -0.260. The number of anilines is 1. The molecule has 0 radical (unpaired) electrons. The first-order chi connectivity index (χ1) is 26.7. The number of hydrogen-bond acceptors (Lipinski definition) is 10. The molecule has 2 bridgehead atoms. The molecule has 1 spiro atoms. The first-order valence-electron chi connectivity index (χ1n) is 20.3. The number of methoxy groups -OCH3 is 1. The maximum atomic E-state index is 14.2. The quantitative estimate of drug-likeness (QED) is 0.359. The molecule has 3 fully saturated rings. The highest BCUT2D eigenvalue weighted by Gasteiger charge is 2.45. The van der Waals surface area contributed by atoms with Crippen LogP contribution in [0, 0.1) is 11.8 Å². The van der Waals surface area contributed by atoms with Crippen molar-refractivity contribution in [3.63, 3.8) is 0 Å². The van der Waals surface area contributed by atoms with Gasteiger partial charge in [0, 0.05) is 62.4 Å². The van der Waals surface area contributed by atoms with Crippen molar-refractivity contribution < 1.29 is 36.9 Å². The Morgan fingerprint density at radius 1 is 1.05 bits per heavy atom. The molecule has 2 saturated heterocycles. The summed E-state index contributed by atoms with van der Waals surface area (Å²) in [5.41, 5.74) is 3.34. The van der Waals surface area contributed by atoms with Crippen LogP contribution >= 0.6 is 11.6 Å². The number of hydrogen-bond donors (Lipinski definition) is 1. The zero-order valence-corrected chi connectivity index (χ0v) is 33.5. The highest BCUT2D eigenvalue weighted by Crippen LogP contribution is 2.47. The van der Waals surface area contributed by atoms with Gasteiger partial charge in [-0.25, -0.2) is 13.1 Å². The topological polar surface area (TPSA) is 116 Å². The van der Waals surface area contributed by atoms with E-state index < -0.39 is 27.3 Å². The predicted octanol–water partition coefficient (Wildman–Crippen LogP) is 5.53. The van der Waals surface area contributed by atoms with E-state index in [1.165, 1.54) is 11.1 Å². The van der Waals surface area contributed by atoms with Crippen molar-refractivity contribution in [1.29, 1.82) is 0 Å². The van der Waals surface area contributed by atoms with Crippen LogP contribution in [0.15, 0.2) is 48.6 Å². The van der Waals surface area contributed by atoms with Gasteiger partial charge in [-0.1, -0.05) is 29.8 Å². The van der Waals surface area contributed by atoms with Crippen molar-refractivity contribution in [1.82, 2.24) is 9.62 Å². The number of halogens is 1. The summed E-state index contributed by atoms with van der Waals surface area (Å²) in [4.78, 5) is 18.8. The van der Waals surface area contributed by atoms with E-state index in [0.717, 1.165) is 95.0 Å². The van der Waals surface area contributed by atoms with Gasteiger partial charge in [0.2, 0.25) is 10.0 Å². The molecule has 4 heterocycles. The minimum Gasteiger partial charge on any atom is -0.490 e. The Hall–Kier alpha value is -2.71. The molecule has 55 heavy (non-hydrogen) atoms. The van der Waals surface area contributed by atoms with E-state index in [-0.39, 0.29) is 35.5 Å². The zero-order chi connectivity index (χ0) is 38.0. The van der Waals surface area contributed by atoms with Crippen molar-refractivity contribution in [2.24, 2.45) is 11.8 Å². The summed E-state index contributed by atoms with van der Waals surface area (Å²) in [5.74, 6) is 0.645. The molecule has 7 atom stereocenters. The number of nitrogens with zero attached hydrogens (tertiary/aromatic N) is 2. The van der Waals surface area contributed by atoms with Crippen molar-refractivity contribution in [2.75, 3.05) is 77.8 Å². The SMILES string of the molecule is CO[C@@H]1C/C=C\[C@H](OCCN2CCOCC2)[C@@H]2CC[C@H]2CN2C[C@@]3(CCCc4cc(Cl)ccc43)COc3ccc(cc32)C(=O)NS(=O)(=O)[C@H]1C[C@@H]1CCCO1. The normalized spacial score (nSPS) is 33.1. The third kappa shape index (κ3) is 8.61. The molecule has 1 amide bonds. The van der Waals surface area contributed by atoms with Crippen LogP contribution in [-0.4, -0.2) is 116 Å². The lowest BCUT2D eigenvalue weighted by Crippen LogP contribution is -2.50. The summed E-state index contributed by atoms with van der Waals surface area (Å²) in [6.07, 6.45) is 10.4. The van der Waals surface area contributed by atoms with Gasteiger partial charge in [0.15, 0.2) is 0 Å². The molecule has 2 aromatic rings. The smallest absolute Gasteiger partial charge is 0.264 e. The van der Waals surface area contributed by atoms with Gasteiger partial charge in [0.05, 0.1) is 50.4 Å². The number of aryl methyl sites for hydroxylation is 1. The number of amides is 1. The lowest BCUT2D eigenvalue weighted by Gasteiger charge is -2.46. The molecule has 13 heteroatoms. The highest BCUT2D eigenvalue weighted by atomic mass is 35.5. The number of rotatable bonds is 7. The first kappa shape index (κ1) is 39.1. The van der Waals surface area contributed by atoms with Crippen LogP contribution in [0.1, 0.15) is 72.9 Å². The second-order valence-corrected chi connectivity index (χ2v) is 18.7. The van der Waals surface area contributed by atoms with Crippen LogP contribution in [0.25, 0.3) is 0 Å². The summed E-state index contributed by atoms with van der Waals surface area (Å²) < 4.78 is 61.8. The minimum absolute atomic E-state index is 0.140. The van der Waals surface area contributed by atoms with E-state index in [1.54, 1.807) is 13.2 Å². The number of ether oxygens (including phenoxy) is 5. The Morgan fingerprint density at radius 3 is 2.71 bits per heavy atom. The van der Waals surface area contributed by atoms with Gasteiger partial charge in [-0.05, 0) is 111 Å². The molecule has 2 aromatic carbocycles. The third-order valence-corrected chi connectivity index (χ3v) is 15.0. The largest absolute Gasteiger partial charge is 0.490 e. The van der Waals surface area contributed by atoms with Crippen LogP contribution in [0.4, 0.5) is 5.69 Å². The lowest BCUT2D eigenvalue weighted by molar-refractivity contribution is -0.0316. The third-order valence-electron chi connectivity index (χ3n) is 13.0. The fourth-order valence-electron chi connectivity index (χ4n) is 9.83. The van der Waals surface area contributed by atoms with Gasteiger partial charge < -0.3 is 28.6 Å². The molecule has 1 saturated carbocycles. The van der Waals surface area contributed by atoms with Crippen LogP contribution in [-0.2, 0) is 40.8 Å². The maximum Gasteiger partial charge on any atom is 0.264 e. The molecule has 300 valence electrons. The number of benzene rings is 2. The van der Waals surface area contributed by atoms with E-state index in [4.69, 9.17) is 35.3 Å². The van der Waals surface area contributed by atoms with E-state index in [1.807, 2.05) is 24.3 Å². The van der Waals surface area contributed by atoms with E-state index in [2.05, 4.69) is 32.7 Å². The number of sulfonamides is 1. The van der Waals surface area contributed by atoms with E-state index >= 15 is 0 Å². The average molecular weight is 798 g/mol. The summed E-state index contributed by atoms with van der Waals surface area (Å²) >= 11 is 6.50. The summed E-state index contributed by atoms with van der Waals surface area (Å²) in [6, 6.07) is 11.6. The number of carbonyl (C=O) groups excluding carboxylic acids is 1. The maximum absolute atomic E-state index is 14.2. The number of fused-ring (bicyclic) bond motifs is 4. The van der Waals surface area contributed by atoms with Crippen LogP contribution in [0.3, 0.4) is 0 Å². The molecule has 11 nitrogen and oxygen atoms in total. The second kappa shape index (κ2) is 17.0. The second-order valence-electron chi connectivity index (χ2n) is 16.4. The molecule has 0 aromatic heterocycles. The number of morpholine rings is 1. The van der Waals surface area contributed by atoms with Crippen LogP contribution in [0.2, 0.25) is 5.02 Å². The lowest BCUT2D eigenvalue weighted by atomic mass is 9.68. The van der Waals surface area contributed by atoms with Crippen molar-refractivity contribution in [2.45, 2.75) is 86.8 Å². The standard InChI is InChI=1S/C42H56ClN3O8S/c1-50-39-8-2-7-37(53-22-18-45-16-20-51-21-17-45)34-12-9-31(34)26-46-27-42(15-3-5-29-23-32(43)11-13-35(29)42)28-54-38-14-10-30(24-36(38)46)41(47)44-55(48,49)40(39)25-33-6-4-19-52-33/h2,7,10-11,13-14,23-24,31,33-34,37,39-40H,3-6,8-9,12,15-22,25-28H2,1H3,(H,44,47)/b7-2-/t31-,33-,34+,37-,39+,40-,42-/m0/s1. The molecule has 8 rings (SSSR count). The number of carbonyl (C=O) groups is 1. The number of nitrogens with one attached hydrogen (secondary N) is 1. The first-order valence-corrected chi connectivity index (χ1v) is 22.2. The fourth-order valence-corrected chi connectivity index (χ4v) is 11.6. The van der Waals surface area contributed by atoms with Gasteiger partial charge in [0.1, 0.15) is 11.0 Å². The zero-order valence-electron chi connectivity index (χ0n) is 32.0. The molecule has 0 unspecified atom stereocenters. The molecular formula is C42H56ClN3O8S. The van der Waals surface area contributed by atoms with Gasteiger partial charge in [0.25, 0.3) is 5.91 Å². The summed E-state index contributed by atoms with van der Waals surface area (Å²) in [6.45, 7) is 7.28. The van der Waals surface area contributed by atoms with Crippen molar-refractivity contribution in [3.05, 3.63) is 70.3 Å². The van der Waals surface area contributed by atoms with E-state index in [9.17, 15) is 13.2 Å². The highest BCUT2D eigenvalue weighted by molar-refractivity contribution is 7.90. The van der Waals surface area contributed by atoms with Crippen LogP contribution < -0.4 is 14.4 Å². The van der Waals surface area contributed by atoms with Crippen molar-refractivity contribution in [3.8, 4) is 5.75 Å². The fraction of sp³-hybridized carbons (Fsp3) is 0.643. The van der Waals surface area contributed by atoms with Crippen molar-refractivity contribution >= 4 is 33.2 Å². The Labute approximate surface area is 331 Å². The Kier molecular flexibility index (Phi) is 12.1. The molecule has 6 aliphatic rings. The van der Waals surface area contributed by atoms with Gasteiger partial charge >= 0.3 is 0 Å². The Bertz CT molecular complexity index is 1820. The monoisotopic (exact) mass is 797 g/mol. The molecule has 1 N–H and O–H groups in total.